The fourth-order valence-electron chi connectivity index (χ4n) is 1.96. The third-order valence-corrected chi connectivity index (χ3v) is 4.29. The van der Waals surface area contributed by atoms with E-state index >= 15 is 0 Å². The molecule has 2 rings (SSSR count). The van der Waals surface area contributed by atoms with Gasteiger partial charge in [-0.3, -0.25) is 4.79 Å². The van der Waals surface area contributed by atoms with E-state index in [1.54, 1.807) is 36.6 Å². The Morgan fingerprint density at radius 2 is 2.05 bits per heavy atom. The highest BCUT2D eigenvalue weighted by Crippen LogP contribution is 2.28. The molecule has 0 bridgehead atoms. The zero-order valence-electron chi connectivity index (χ0n) is 11.9. The maximum Gasteiger partial charge on any atom is 0.251 e. The number of amides is 1. The van der Waals surface area contributed by atoms with Crippen LogP contribution in [-0.4, -0.2) is 13.0 Å². The summed E-state index contributed by atoms with van der Waals surface area (Å²) in [7, 11) is 1.61. The van der Waals surface area contributed by atoms with Crippen LogP contribution in [0.5, 0.6) is 0 Å². The molecule has 0 aliphatic rings. The highest BCUT2D eigenvalue weighted by molar-refractivity contribution is 7.12. The average molecular weight is 289 g/mol. The van der Waals surface area contributed by atoms with E-state index in [4.69, 9.17) is 5.73 Å². The summed E-state index contributed by atoms with van der Waals surface area (Å²) in [5, 5.41) is 5.98. The number of carbonyl (C=O) groups excluding carboxylic acids is 1. The van der Waals surface area contributed by atoms with E-state index in [1.807, 2.05) is 0 Å². The molecule has 0 radical (unpaired) electrons. The molecule has 106 valence electrons. The standard InChI is InChI=1S/C15H19N3OS/c1-9-4-7-14(20-9)10(2)18-13-8-11(15(19)17-3)5-6-12(13)16/h4-8,10,18H,16H2,1-3H3,(H,17,19). The number of hydrogen-bond donors (Lipinski definition) is 3. The molecular formula is C15H19N3OS. The van der Waals surface area contributed by atoms with Crippen molar-refractivity contribution in [2.45, 2.75) is 19.9 Å². The zero-order valence-corrected chi connectivity index (χ0v) is 12.7. The van der Waals surface area contributed by atoms with Crippen LogP contribution in [0.1, 0.15) is 33.1 Å². The van der Waals surface area contributed by atoms with Crippen LogP contribution >= 0.6 is 11.3 Å². The normalized spacial score (nSPS) is 11.9. The first kappa shape index (κ1) is 14.4. The van der Waals surface area contributed by atoms with E-state index in [0.717, 1.165) is 5.69 Å². The maximum absolute atomic E-state index is 11.7. The van der Waals surface area contributed by atoms with Gasteiger partial charge in [0.15, 0.2) is 0 Å². The van der Waals surface area contributed by atoms with E-state index in [9.17, 15) is 4.79 Å². The third kappa shape index (κ3) is 3.11. The number of rotatable bonds is 4. The fourth-order valence-corrected chi connectivity index (χ4v) is 2.84. The van der Waals surface area contributed by atoms with Crippen LogP contribution in [0.2, 0.25) is 0 Å². The maximum atomic E-state index is 11.7. The van der Waals surface area contributed by atoms with Crippen molar-refractivity contribution in [3.05, 3.63) is 45.6 Å². The lowest BCUT2D eigenvalue weighted by Crippen LogP contribution is -2.18. The number of aryl methyl sites for hydroxylation is 1. The lowest BCUT2D eigenvalue weighted by molar-refractivity contribution is 0.0963. The Labute approximate surface area is 123 Å². The summed E-state index contributed by atoms with van der Waals surface area (Å²) in [5.74, 6) is -0.118. The summed E-state index contributed by atoms with van der Waals surface area (Å²) in [5.41, 5.74) is 7.99. The van der Waals surface area contributed by atoms with Crippen molar-refractivity contribution in [2.75, 3.05) is 18.1 Å². The summed E-state index contributed by atoms with van der Waals surface area (Å²) in [4.78, 5) is 14.2. The third-order valence-electron chi connectivity index (χ3n) is 3.10. The molecule has 1 heterocycles. The monoisotopic (exact) mass is 289 g/mol. The number of anilines is 2. The highest BCUT2D eigenvalue weighted by atomic mass is 32.1. The molecule has 2 aromatic rings. The number of hydrogen-bond acceptors (Lipinski definition) is 4. The molecule has 1 unspecified atom stereocenters. The second-order valence-corrected chi connectivity index (χ2v) is 6.02. The summed E-state index contributed by atoms with van der Waals surface area (Å²) < 4.78 is 0. The fraction of sp³-hybridized carbons (Fsp3) is 0.267. The van der Waals surface area contributed by atoms with Gasteiger partial charge in [0.2, 0.25) is 0 Å². The number of thiophene rings is 1. The van der Waals surface area contributed by atoms with E-state index in [1.165, 1.54) is 9.75 Å². The number of nitrogens with one attached hydrogen (secondary N) is 2. The van der Waals surface area contributed by atoms with E-state index in [2.05, 4.69) is 36.6 Å². The van der Waals surface area contributed by atoms with Gasteiger partial charge in [-0.1, -0.05) is 0 Å². The molecule has 0 fully saturated rings. The van der Waals surface area contributed by atoms with Gasteiger partial charge in [0.05, 0.1) is 17.4 Å². The molecule has 1 atom stereocenters. The quantitative estimate of drug-likeness (QED) is 0.757. The Morgan fingerprint density at radius 1 is 1.30 bits per heavy atom. The molecule has 0 aliphatic carbocycles. The van der Waals surface area contributed by atoms with E-state index in [0.29, 0.717) is 11.3 Å². The van der Waals surface area contributed by atoms with Crippen molar-refractivity contribution in [1.29, 1.82) is 0 Å². The van der Waals surface area contributed by atoms with Gasteiger partial charge < -0.3 is 16.4 Å². The topological polar surface area (TPSA) is 67.2 Å². The lowest BCUT2D eigenvalue weighted by atomic mass is 10.1. The summed E-state index contributed by atoms with van der Waals surface area (Å²) in [6.45, 7) is 4.17. The minimum Gasteiger partial charge on any atom is -0.397 e. The van der Waals surface area contributed by atoms with Crippen LogP contribution in [0.4, 0.5) is 11.4 Å². The van der Waals surface area contributed by atoms with E-state index < -0.39 is 0 Å². The molecule has 1 amide bonds. The molecule has 5 heteroatoms. The molecule has 0 aliphatic heterocycles. The number of nitrogens with two attached hydrogens (primary N) is 1. The van der Waals surface area contributed by atoms with Gasteiger partial charge in [-0.15, -0.1) is 11.3 Å². The van der Waals surface area contributed by atoms with E-state index in [-0.39, 0.29) is 11.9 Å². The van der Waals surface area contributed by atoms with Gasteiger partial charge in [-0.05, 0) is 44.2 Å². The predicted molar refractivity (Wildman–Crippen MR) is 85.3 cm³/mol. The minimum absolute atomic E-state index is 0.118. The van der Waals surface area contributed by atoms with Crippen LogP contribution in [0.3, 0.4) is 0 Å². The van der Waals surface area contributed by atoms with Crippen molar-refractivity contribution in [2.24, 2.45) is 0 Å². The first-order chi connectivity index (χ1) is 9.51. The van der Waals surface area contributed by atoms with Gasteiger partial charge in [-0.25, -0.2) is 0 Å². The van der Waals surface area contributed by atoms with Gasteiger partial charge >= 0.3 is 0 Å². The van der Waals surface area contributed by atoms with Crippen LogP contribution in [0.15, 0.2) is 30.3 Å². The second kappa shape index (κ2) is 5.96. The second-order valence-electron chi connectivity index (χ2n) is 4.70. The van der Waals surface area contributed by atoms with Crippen molar-refractivity contribution in [1.82, 2.24) is 5.32 Å². The summed E-state index contributed by atoms with van der Waals surface area (Å²) in [6.07, 6.45) is 0. The lowest BCUT2D eigenvalue weighted by Gasteiger charge is -2.16. The van der Waals surface area contributed by atoms with Crippen molar-refractivity contribution < 1.29 is 4.79 Å². The van der Waals surface area contributed by atoms with Crippen molar-refractivity contribution >= 4 is 28.6 Å². The Hall–Kier alpha value is -2.01. The molecule has 0 saturated carbocycles. The van der Waals surface area contributed by atoms with Crippen molar-refractivity contribution in [3.8, 4) is 0 Å². The highest BCUT2D eigenvalue weighted by Gasteiger charge is 2.11. The van der Waals surface area contributed by atoms with Gasteiger partial charge in [0.25, 0.3) is 5.91 Å². The molecular weight excluding hydrogens is 270 g/mol. The molecule has 1 aromatic heterocycles. The summed E-state index contributed by atoms with van der Waals surface area (Å²) in [6, 6.07) is 9.61. The van der Waals surface area contributed by atoms with Gasteiger partial charge in [-0.2, -0.15) is 0 Å². The molecule has 0 spiro atoms. The van der Waals surface area contributed by atoms with Crippen LogP contribution < -0.4 is 16.4 Å². The Balaban J connectivity index is 2.22. The molecule has 4 N–H and O–H groups in total. The molecule has 4 nitrogen and oxygen atoms in total. The molecule has 20 heavy (non-hydrogen) atoms. The Bertz CT molecular complexity index is 621. The van der Waals surface area contributed by atoms with Gasteiger partial charge in [0, 0.05) is 22.4 Å². The van der Waals surface area contributed by atoms with Gasteiger partial charge in [0.1, 0.15) is 0 Å². The first-order valence-corrected chi connectivity index (χ1v) is 7.27. The SMILES string of the molecule is CNC(=O)c1ccc(N)c(NC(C)c2ccc(C)s2)c1. The zero-order chi connectivity index (χ0) is 14.7. The largest absolute Gasteiger partial charge is 0.397 e. The first-order valence-electron chi connectivity index (χ1n) is 6.45. The average Bonchev–Trinajstić information content (AvgIpc) is 2.87. The van der Waals surface area contributed by atoms with Crippen LogP contribution in [-0.2, 0) is 0 Å². The minimum atomic E-state index is -0.118. The predicted octanol–water partition coefficient (Wildman–Crippen LogP) is 3.17. The van der Waals surface area contributed by atoms with Crippen LogP contribution in [0, 0.1) is 6.92 Å². The Morgan fingerprint density at radius 3 is 2.65 bits per heavy atom. The smallest absolute Gasteiger partial charge is 0.251 e. The molecule has 1 aromatic carbocycles. The summed E-state index contributed by atoms with van der Waals surface area (Å²) >= 11 is 1.75. The number of carbonyl (C=O) groups is 1. The Kier molecular flexibility index (Phi) is 4.29. The van der Waals surface area contributed by atoms with Crippen LogP contribution in [0.25, 0.3) is 0 Å². The number of benzene rings is 1. The van der Waals surface area contributed by atoms with Crippen molar-refractivity contribution in [3.63, 3.8) is 0 Å². The number of nitrogen functional groups attached to an aromatic ring is 1. The molecule has 0 saturated heterocycles.